The smallest absolute Gasteiger partial charge is 0.279 e. The van der Waals surface area contributed by atoms with Gasteiger partial charge in [0.05, 0.1) is 19.6 Å². The second kappa shape index (κ2) is 8.42. The molecule has 0 fully saturated rings. The van der Waals surface area contributed by atoms with E-state index >= 15 is 0 Å². The first-order valence-electron chi connectivity index (χ1n) is 7.19. The van der Waals surface area contributed by atoms with Crippen LogP contribution in [0.25, 0.3) is 0 Å². The number of likely N-dealkylation sites (N-methyl/N-ethyl adjacent to an activating group) is 1. The molecular formula is C16H27BrN2O. The molecule has 1 aromatic carbocycles. The molecule has 0 atom stereocenters. The van der Waals surface area contributed by atoms with Crippen LogP contribution in [0.3, 0.4) is 0 Å². The van der Waals surface area contributed by atoms with E-state index < -0.39 is 0 Å². The fraction of sp³-hybridized carbons (Fsp3) is 0.562. The molecule has 0 aliphatic carbocycles. The molecule has 0 bridgehead atoms. The molecule has 1 N–H and O–H groups in total. The Labute approximate surface area is 133 Å². The van der Waals surface area contributed by atoms with Gasteiger partial charge in [-0.1, -0.05) is 12.1 Å². The van der Waals surface area contributed by atoms with Gasteiger partial charge in [0.15, 0.2) is 6.54 Å². The largest absolute Gasteiger partial charge is 1.00 e. The number of nitrogens with zero attached hydrogens (tertiary/aromatic N) is 1. The third-order valence-corrected chi connectivity index (χ3v) is 4.37. The van der Waals surface area contributed by atoms with Crippen LogP contribution >= 0.6 is 0 Å². The number of carbonyl (C=O) groups is 1. The Morgan fingerprint density at radius 1 is 1.10 bits per heavy atom. The molecule has 1 amide bonds. The number of aryl methyl sites for hydroxylation is 1. The lowest BCUT2D eigenvalue weighted by Crippen LogP contribution is -3.00. The summed E-state index contributed by atoms with van der Waals surface area (Å²) >= 11 is 0. The minimum atomic E-state index is 0. The number of hydrogen-bond acceptors (Lipinski definition) is 1. The minimum absolute atomic E-state index is 0. The Morgan fingerprint density at radius 3 is 2.15 bits per heavy atom. The molecule has 0 aliphatic rings. The molecule has 0 heterocycles. The standard InChI is InChI=1S/C16H26N2O.BrH/c1-6-18(7-2,8-3)12-16(19)17-15-11-9-10-13(4)14(15)5;/h9-11H,6-8,12H2,1-5H3;1H. The average Bonchev–Trinajstić information content (AvgIpc) is 2.41. The Morgan fingerprint density at radius 2 is 1.65 bits per heavy atom. The lowest BCUT2D eigenvalue weighted by Gasteiger charge is -2.35. The van der Waals surface area contributed by atoms with Gasteiger partial charge in [0.1, 0.15) is 0 Å². The maximum absolute atomic E-state index is 12.2. The SMILES string of the molecule is CC[N+](CC)(CC)CC(=O)Nc1cccc(C)c1C.[Br-]. The molecule has 0 aromatic heterocycles. The highest BCUT2D eigenvalue weighted by atomic mass is 79.9. The third kappa shape index (κ3) is 4.60. The summed E-state index contributed by atoms with van der Waals surface area (Å²) in [6.45, 7) is 14.1. The van der Waals surface area contributed by atoms with Crippen molar-refractivity contribution >= 4 is 11.6 Å². The second-order valence-corrected chi connectivity index (χ2v) is 5.24. The van der Waals surface area contributed by atoms with E-state index in [-0.39, 0.29) is 22.9 Å². The monoisotopic (exact) mass is 342 g/mol. The third-order valence-electron chi connectivity index (χ3n) is 4.37. The van der Waals surface area contributed by atoms with Crippen molar-refractivity contribution in [1.29, 1.82) is 0 Å². The fourth-order valence-corrected chi connectivity index (χ4v) is 2.39. The van der Waals surface area contributed by atoms with Gasteiger partial charge in [-0.05, 0) is 51.8 Å². The van der Waals surface area contributed by atoms with Crippen molar-refractivity contribution in [1.82, 2.24) is 0 Å². The molecule has 0 spiro atoms. The van der Waals surface area contributed by atoms with Crippen LogP contribution in [0.1, 0.15) is 31.9 Å². The van der Waals surface area contributed by atoms with E-state index in [2.05, 4.69) is 39.1 Å². The number of halogens is 1. The number of anilines is 1. The lowest BCUT2D eigenvalue weighted by molar-refractivity contribution is -0.915. The van der Waals surface area contributed by atoms with Gasteiger partial charge in [0.2, 0.25) is 0 Å². The zero-order chi connectivity index (χ0) is 14.5. The van der Waals surface area contributed by atoms with Crippen molar-refractivity contribution in [3.8, 4) is 0 Å². The number of amides is 1. The maximum Gasteiger partial charge on any atom is 0.279 e. The summed E-state index contributed by atoms with van der Waals surface area (Å²) in [5.41, 5.74) is 3.30. The van der Waals surface area contributed by atoms with Crippen molar-refractivity contribution in [2.45, 2.75) is 34.6 Å². The first-order chi connectivity index (χ1) is 8.98. The first-order valence-corrected chi connectivity index (χ1v) is 7.19. The molecular weight excluding hydrogens is 316 g/mol. The van der Waals surface area contributed by atoms with Crippen LogP contribution < -0.4 is 22.3 Å². The van der Waals surface area contributed by atoms with Crippen molar-refractivity contribution in [3.05, 3.63) is 29.3 Å². The van der Waals surface area contributed by atoms with E-state index in [1.807, 2.05) is 19.1 Å². The number of nitrogens with one attached hydrogen (secondary N) is 1. The molecule has 3 nitrogen and oxygen atoms in total. The minimum Gasteiger partial charge on any atom is -1.00 e. The lowest BCUT2D eigenvalue weighted by atomic mass is 10.1. The summed E-state index contributed by atoms with van der Waals surface area (Å²) in [7, 11) is 0. The van der Waals surface area contributed by atoms with Crippen LogP contribution in [-0.2, 0) is 4.79 Å². The second-order valence-electron chi connectivity index (χ2n) is 5.24. The van der Waals surface area contributed by atoms with Gasteiger partial charge in [-0.3, -0.25) is 4.79 Å². The van der Waals surface area contributed by atoms with Gasteiger partial charge in [-0.2, -0.15) is 0 Å². The van der Waals surface area contributed by atoms with Crippen molar-refractivity contribution < 1.29 is 26.3 Å². The zero-order valence-corrected chi connectivity index (χ0v) is 14.9. The summed E-state index contributed by atoms with van der Waals surface area (Å²) in [6.07, 6.45) is 0. The predicted molar refractivity (Wildman–Crippen MR) is 81.3 cm³/mol. The van der Waals surface area contributed by atoms with Crippen molar-refractivity contribution in [2.24, 2.45) is 0 Å². The number of quaternary nitrogens is 1. The highest BCUT2D eigenvalue weighted by molar-refractivity contribution is 5.92. The van der Waals surface area contributed by atoms with Gasteiger partial charge < -0.3 is 26.8 Å². The topological polar surface area (TPSA) is 29.1 Å². The Hall–Kier alpha value is -0.870. The van der Waals surface area contributed by atoms with E-state index in [1.54, 1.807) is 0 Å². The van der Waals surface area contributed by atoms with Crippen LogP contribution in [0.5, 0.6) is 0 Å². The average molecular weight is 343 g/mol. The first kappa shape index (κ1) is 19.1. The van der Waals surface area contributed by atoms with E-state index in [0.717, 1.165) is 35.4 Å². The molecule has 114 valence electrons. The summed E-state index contributed by atoms with van der Waals surface area (Å²) < 4.78 is 0.844. The van der Waals surface area contributed by atoms with Crippen LogP contribution in [0.4, 0.5) is 5.69 Å². The van der Waals surface area contributed by atoms with Crippen LogP contribution in [0.2, 0.25) is 0 Å². The van der Waals surface area contributed by atoms with Crippen LogP contribution in [0.15, 0.2) is 18.2 Å². The number of rotatable bonds is 6. The van der Waals surface area contributed by atoms with E-state index in [0.29, 0.717) is 6.54 Å². The molecule has 1 rings (SSSR count). The Balaban J connectivity index is 0.00000361. The predicted octanol–water partition coefficient (Wildman–Crippen LogP) is 0.122. The van der Waals surface area contributed by atoms with Crippen LogP contribution in [-0.4, -0.2) is 36.6 Å². The zero-order valence-electron chi connectivity index (χ0n) is 13.3. The van der Waals surface area contributed by atoms with Gasteiger partial charge in [0, 0.05) is 5.69 Å². The van der Waals surface area contributed by atoms with Crippen molar-refractivity contribution in [3.63, 3.8) is 0 Å². The van der Waals surface area contributed by atoms with Crippen molar-refractivity contribution in [2.75, 3.05) is 31.5 Å². The van der Waals surface area contributed by atoms with E-state index in [4.69, 9.17) is 0 Å². The molecule has 1 aromatic rings. The molecule has 0 saturated heterocycles. The van der Waals surface area contributed by atoms with E-state index in [1.165, 1.54) is 5.56 Å². The van der Waals surface area contributed by atoms with Gasteiger partial charge in [-0.25, -0.2) is 0 Å². The summed E-state index contributed by atoms with van der Waals surface area (Å²) in [5, 5.41) is 3.05. The molecule has 20 heavy (non-hydrogen) atoms. The normalized spacial score (nSPS) is 10.8. The highest BCUT2D eigenvalue weighted by Gasteiger charge is 2.24. The maximum atomic E-state index is 12.2. The van der Waals surface area contributed by atoms with Gasteiger partial charge >= 0.3 is 0 Å². The molecule has 4 heteroatoms. The fourth-order valence-electron chi connectivity index (χ4n) is 2.39. The molecule has 0 saturated carbocycles. The highest BCUT2D eigenvalue weighted by Crippen LogP contribution is 2.18. The number of carbonyl (C=O) groups excluding carboxylic acids is 1. The Bertz CT molecular complexity index is 434. The molecule has 0 radical (unpaired) electrons. The summed E-state index contributed by atoms with van der Waals surface area (Å²) in [6, 6.07) is 6.02. The number of benzene rings is 1. The van der Waals surface area contributed by atoms with Gasteiger partial charge in [-0.15, -0.1) is 0 Å². The van der Waals surface area contributed by atoms with E-state index in [9.17, 15) is 4.79 Å². The number of hydrogen-bond donors (Lipinski definition) is 1. The summed E-state index contributed by atoms with van der Waals surface area (Å²) in [4.78, 5) is 12.2. The summed E-state index contributed by atoms with van der Waals surface area (Å²) in [5.74, 6) is 0.110. The van der Waals surface area contributed by atoms with Gasteiger partial charge in [0.25, 0.3) is 5.91 Å². The van der Waals surface area contributed by atoms with Crippen LogP contribution in [0, 0.1) is 13.8 Å². The molecule has 0 aliphatic heterocycles. The molecule has 0 unspecified atom stereocenters. The Kier molecular flexibility index (Phi) is 8.06. The quantitative estimate of drug-likeness (QED) is 0.731.